The van der Waals surface area contributed by atoms with Crippen molar-refractivity contribution in [1.82, 2.24) is 0 Å². The fourth-order valence-electron chi connectivity index (χ4n) is 1.89. The maximum atomic E-state index is 8.98. The quantitative estimate of drug-likeness (QED) is 0.881. The van der Waals surface area contributed by atoms with E-state index in [-0.39, 0.29) is 12.7 Å². The first-order valence-electron chi connectivity index (χ1n) is 5.28. The maximum Gasteiger partial charge on any atom is 0.170 e. The van der Waals surface area contributed by atoms with Gasteiger partial charge in [0.2, 0.25) is 0 Å². The minimum atomic E-state index is -0.655. The second kappa shape index (κ2) is 4.72. The number of aliphatic hydroxyl groups excluding tert-OH is 1. The van der Waals surface area contributed by atoms with Crippen molar-refractivity contribution < 1.29 is 14.6 Å². The van der Waals surface area contributed by atoms with Crippen LogP contribution in [-0.2, 0) is 15.9 Å². The predicted molar refractivity (Wildman–Crippen MR) is 61.5 cm³/mol. The molecule has 0 amide bonds. The Morgan fingerprint density at radius 3 is 3.00 bits per heavy atom. The van der Waals surface area contributed by atoms with Crippen LogP contribution in [0.5, 0.6) is 0 Å². The molecule has 1 aromatic carbocycles. The molecule has 16 heavy (non-hydrogen) atoms. The molecule has 1 aromatic rings. The van der Waals surface area contributed by atoms with Crippen molar-refractivity contribution in [2.24, 2.45) is 0 Å². The molecule has 88 valence electrons. The fraction of sp³-hybridized carbons (Fsp3) is 0.500. The van der Waals surface area contributed by atoms with Crippen molar-refractivity contribution in [3.63, 3.8) is 0 Å². The summed E-state index contributed by atoms with van der Waals surface area (Å²) >= 11 is 5.91. The van der Waals surface area contributed by atoms with Gasteiger partial charge in [-0.25, -0.2) is 0 Å². The molecule has 0 aromatic heterocycles. The lowest BCUT2D eigenvalue weighted by Crippen LogP contribution is -2.30. The SMILES string of the molecule is CC1(Cc2cccc(Cl)c2)OCC(CO)O1. The number of aliphatic hydroxyl groups is 1. The number of ether oxygens (including phenoxy) is 2. The first-order valence-corrected chi connectivity index (χ1v) is 5.66. The average Bonchev–Trinajstić information content (AvgIpc) is 2.60. The minimum Gasteiger partial charge on any atom is -0.394 e. The highest BCUT2D eigenvalue weighted by atomic mass is 35.5. The molecule has 4 heteroatoms. The smallest absolute Gasteiger partial charge is 0.170 e. The summed E-state index contributed by atoms with van der Waals surface area (Å²) in [6.45, 7) is 2.31. The van der Waals surface area contributed by atoms with E-state index in [1.807, 2.05) is 31.2 Å². The van der Waals surface area contributed by atoms with Gasteiger partial charge >= 0.3 is 0 Å². The van der Waals surface area contributed by atoms with Crippen LogP contribution in [0.3, 0.4) is 0 Å². The Hall–Kier alpha value is -0.610. The Bertz CT molecular complexity index is 369. The number of benzene rings is 1. The highest BCUT2D eigenvalue weighted by Gasteiger charge is 2.36. The van der Waals surface area contributed by atoms with Crippen molar-refractivity contribution in [2.45, 2.75) is 25.2 Å². The molecule has 2 rings (SSSR count). The van der Waals surface area contributed by atoms with Gasteiger partial charge in [0.25, 0.3) is 0 Å². The Kier molecular flexibility index (Phi) is 3.50. The summed E-state index contributed by atoms with van der Waals surface area (Å²) in [6, 6.07) is 7.61. The topological polar surface area (TPSA) is 38.7 Å². The summed E-state index contributed by atoms with van der Waals surface area (Å²) in [5.74, 6) is -0.655. The molecule has 1 aliphatic rings. The number of halogens is 1. The van der Waals surface area contributed by atoms with E-state index in [2.05, 4.69) is 0 Å². The van der Waals surface area contributed by atoms with Gasteiger partial charge in [0.15, 0.2) is 5.79 Å². The molecule has 2 atom stereocenters. The van der Waals surface area contributed by atoms with Crippen molar-refractivity contribution in [2.75, 3.05) is 13.2 Å². The molecule has 1 fully saturated rings. The first kappa shape index (κ1) is 11.9. The molecule has 1 aliphatic heterocycles. The lowest BCUT2D eigenvalue weighted by Gasteiger charge is -2.23. The van der Waals surface area contributed by atoms with Crippen LogP contribution >= 0.6 is 11.6 Å². The molecule has 1 N–H and O–H groups in total. The number of hydrogen-bond acceptors (Lipinski definition) is 3. The van der Waals surface area contributed by atoms with Gasteiger partial charge in [-0.05, 0) is 24.6 Å². The Labute approximate surface area is 99.9 Å². The van der Waals surface area contributed by atoms with Crippen LogP contribution < -0.4 is 0 Å². The average molecular weight is 243 g/mol. The van der Waals surface area contributed by atoms with Crippen LogP contribution in [-0.4, -0.2) is 30.2 Å². The van der Waals surface area contributed by atoms with Gasteiger partial charge in [0.05, 0.1) is 13.2 Å². The van der Waals surface area contributed by atoms with Crippen LogP contribution in [0.4, 0.5) is 0 Å². The maximum absolute atomic E-state index is 8.98. The molecule has 1 saturated heterocycles. The normalized spacial score (nSPS) is 29.6. The third-order valence-corrected chi connectivity index (χ3v) is 2.84. The standard InChI is InChI=1S/C12H15ClO3/c1-12(15-8-11(7-14)16-12)6-9-3-2-4-10(13)5-9/h2-5,11,14H,6-8H2,1H3. The fourth-order valence-corrected chi connectivity index (χ4v) is 2.10. The van der Waals surface area contributed by atoms with Crippen LogP contribution in [0.1, 0.15) is 12.5 Å². The van der Waals surface area contributed by atoms with Gasteiger partial charge in [0, 0.05) is 11.4 Å². The molecular weight excluding hydrogens is 228 g/mol. The predicted octanol–water partition coefficient (Wildman–Crippen LogP) is 2.01. The van der Waals surface area contributed by atoms with E-state index in [1.165, 1.54) is 0 Å². The van der Waals surface area contributed by atoms with Crippen LogP contribution in [0.15, 0.2) is 24.3 Å². The molecule has 0 bridgehead atoms. The largest absolute Gasteiger partial charge is 0.394 e. The summed E-state index contributed by atoms with van der Waals surface area (Å²) < 4.78 is 11.2. The third-order valence-electron chi connectivity index (χ3n) is 2.61. The van der Waals surface area contributed by atoms with Gasteiger partial charge in [-0.3, -0.25) is 0 Å². The van der Waals surface area contributed by atoms with Crippen molar-refractivity contribution in [3.05, 3.63) is 34.9 Å². The first-order chi connectivity index (χ1) is 7.61. The summed E-state index contributed by atoms with van der Waals surface area (Å²) in [5.41, 5.74) is 1.06. The summed E-state index contributed by atoms with van der Waals surface area (Å²) in [5, 5.41) is 9.69. The summed E-state index contributed by atoms with van der Waals surface area (Å²) in [6.07, 6.45) is 0.411. The molecule has 0 spiro atoms. The summed E-state index contributed by atoms with van der Waals surface area (Å²) in [7, 11) is 0. The zero-order valence-corrected chi connectivity index (χ0v) is 9.91. The second-order valence-electron chi connectivity index (χ2n) is 4.17. The van der Waals surface area contributed by atoms with E-state index in [1.54, 1.807) is 0 Å². The zero-order valence-electron chi connectivity index (χ0n) is 9.15. The van der Waals surface area contributed by atoms with E-state index >= 15 is 0 Å². The molecule has 2 unspecified atom stereocenters. The molecular formula is C12H15ClO3. The van der Waals surface area contributed by atoms with Gasteiger partial charge in [-0.1, -0.05) is 23.7 Å². The molecule has 0 aliphatic carbocycles. The highest BCUT2D eigenvalue weighted by molar-refractivity contribution is 6.30. The number of rotatable bonds is 3. The van der Waals surface area contributed by atoms with E-state index in [0.29, 0.717) is 18.1 Å². The molecule has 0 radical (unpaired) electrons. The van der Waals surface area contributed by atoms with Crippen molar-refractivity contribution >= 4 is 11.6 Å². The lowest BCUT2D eigenvalue weighted by molar-refractivity contribution is -0.156. The van der Waals surface area contributed by atoms with Gasteiger partial charge in [-0.2, -0.15) is 0 Å². The molecule has 3 nitrogen and oxygen atoms in total. The van der Waals surface area contributed by atoms with Crippen molar-refractivity contribution in [3.8, 4) is 0 Å². The van der Waals surface area contributed by atoms with Gasteiger partial charge < -0.3 is 14.6 Å². The lowest BCUT2D eigenvalue weighted by atomic mass is 10.1. The van der Waals surface area contributed by atoms with E-state index in [9.17, 15) is 0 Å². The van der Waals surface area contributed by atoms with Crippen LogP contribution in [0.2, 0.25) is 5.02 Å². The van der Waals surface area contributed by atoms with Crippen molar-refractivity contribution in [1.29, 1.82) is 0 Å². The third kappa shape index (κ3) is 2.74. The summed E-state index contributed by atoms with van der Waals surface area (Å²) in [4.78, 5) is 0. The van der Waals surface area contributed by atoms with E-state index in [0.717, 1.165) is 5.56 Å². The van der Waals surface area contributed by atoms with Crippen LogP contribution in [0.25, 0.3) is 0 Å². The van der Waals surface area contributed by atoms with Gasteiger partial charge in [-0.15, -0.1) is 0 Å². The zero-order chi connectivity index (χ0) is 11.6. The van der Waals surface area contributed by atoms with Crippen LogP contribution in [0, 0.1) is 0 Å². The van der Waals surface area contributed by atoms with Gasteiger partial charge in [0.1, 0.15) is 6.10 Å². The highest BCUT2D eigenvalue weighted by Crippen LogP contribution is 2.27. The Balaban J connectivity index is 2.04. The van der Waals surface area contributed by atoms with E-state index < -0.39 is 5.79 Å². The second-order valence-corrected chi connectivity index (χ2v) is 4.61. The van der Waals surface area contributed by atoms with E-state index in [4.69, 9.17) is 26.2 Å². The number of hydrogen-bond donors (Lipinski definition) is 1. The minimum absolute atomic E-state index is 0.00879. The Morgan fingerprint density at radius 2 is 2.38 bits per heavy atom. The molecule has 0 saturated carbocycles. The Morgan fingerprint density at radius 1 is 1.56 bits per heavy atom. The monoisotopic (exact) mass is 242 g/mol. The molecule has 1 heterocycles.